The second-order valence-electron chi connectivity index (χ2n) is 4.92. The molecular formula is C15H37N3O. The predicted octanol–water partition coefficient (Wildman–Crippen LogP) is 1.69. The van der Waals surface area contributed by atoms with Crippen molar-refractivity contribution in [3.63, 3.8) is 0 Å². The molecule has 1 saturated carbocycles. The zero-order valence-electron chi connectivity index (χ0n) is 13.8. The molecule has 0 aromatic rings. The first-order chi connectivity index (χ1) is 9.20. The van der Waals surface area contributed by atoms with Gasteiger partial charge in [-0.05, 0) is 34.0 Å². The molecule has 0 aromatic heterocycles. The van der Waals surface area contributed by atoms with Crippen LogP contribution in [-0.4, -0.2) is 63.4 Å². The van der Waals surface area contributed by atoms with Crippen molar-refractivity contribution in [1.82, 2.24) is 15.5 Å². The SMILES string of the molecule is CC.CNCCN(C)C.OCCNC1CCCCC1. The summed E-state index contributed by atoms with van der Waals surface area (Å²) >= 11 is 0. The molecule has 0 radical (unpaired) electrons. The van der Waals surface area contributed by atoms with Crippen molar-refractivity contribution in [1.29, 1.82) is 0 Å². The number of aliphatic hydroxyl groups excluding tert-OH is 1. The minimum Gasteiger partial charge on any atom is -0.395 e. The topological polar surface area (TPSA) is 47.5 Å². The first kappa shape index (κ1) is 21.1. The van der Waals surface area contributed by atoms with Crippen LogP contribution in [0.2, 0.25) is 0 Å². The van der Waals surface area contributed by atoms with Gasteiger partial charge in [0.25, 0.3) is 0 Å². The van der Waals surface area contributed by atoms with Crippen molar-refractivity contribution < 1.29 is 5.11 Å². The highest BCUT2D eigenvalue weighted by Crippen LogP contribution is 2.16. The number of rotatable bonds is 6. The molecular weight excluding hydrogens is 238 g/mol. The molecule has 0 spiro atoms. The van der Waals surface area contributed by atoms with Gasteiger partial charge in [-0.2, -0.15) is 0 Å². The van der Waals surface area contributed by atoms with E-state index in [9.17, 15) is 0 Å². The van der Waals surface area contributed by atoms with E-state index in [4.69, 9.17) is 5.11 Å². The quantitative estimate of drug-likeness (QED) is 0.690. The molecule has 0 aliphatic heterocycles. The lowest BCUT2D eigenvalue weighted by Crippen LogP contribution is -2.32. The summed E-state index contributed by atoms with van der Waals surface area (Å²) in [5, 5.41) is 14.9. The van der Waals surface area contributed by atoms with Gasteiger partial charge in [0.1, 0.15) is 0 Å². The summed E-state index contributed by atoms with van der Waals surface area (Å²) in [6.07, 6.45) is 6.74. The summed E-state index contributed by atoms with van der Waals surface area (Å²) in [6.45, 7) is 7.24. The Morgan fingerprint density at radius 3 is 2.00 bits per heavy atom. The molecule has 1 fully saturated rings. The minimum atomic E-state index is 0.274. The highest BCUT2D eigenvalue weighted by molar-refractivity contribution is 4.70. The fourth-order valence-electron chi connectivity index (χ4n) is 1.91. The van der Waals surface area contributed by atoms with E-state index in [-0.39, 0.29) is 6.61 Å². The third kappa shape index (κ3) is 17.8. The Kier molecular flexibility index (Phi) is 19.9. The molecule has 118 valence electrons. The standard InChI is InChI=1S/C8H17NO.C5H14N2.C2H6/c10-7-6-9-8-4-2-1-3-5-8;1-6-4-5-7(2)3;1-2/h8-10H,1-7H2;6H,4-5H2,1-3H3;1-2H3. The zero-order valence-corrected chi connectivity index (χ0v) is 13.8. The van der Waals surface area contributed by atoms with Gasteiger partial charge in [-0.15, -0.1) is 0 Å². The Balaban J connectivity index is 0. The molecule has 1 aliphatic rings. The smallest absolute Gasteiger partial charge is 0.0556 e. The average molecular weight is 275 g/mol. The van der Waals surface area contributed by atoms with Gasteiger partial charge in [-0.25, -0.2) is 0 Å². The van der Waals surface area contributed by atoms with Gasteiger partial charge in [-0.1, -0.05) is 33.1 Å². The van der Waals surface area contributed by atoms with E-state index in [0.29, 0.717) is 6.04 Å². The lowest BCUT2D eigenvalue weighted by molar-refractivity contribution is 0.271. The van der Waals surface area contributed by atoms with Crippen LogP contribution in [0.3, 0.4) is 0 Å². The Hall–Kier alpha value is -0.160. The first-order valence-corrected chi connectivity index (χ1v) is 7.84. The normalized spacial score (nSPS) is 15.3. The second kappa shape index (κ2) is 17.8. The Bertz CT molecular complexity index is 148. The molecule has 1 aliphatic carbocycles. The van der Waals surface area contributed by atoms with E-state index in [1.807, 2.05) is 20.9 Å². The molecule has 19 heavy (non-hydrogen) atoms. The van der Waals surface area contributed by atoms with Crippen LogP contribution >= 0.6 is 0 Å². The Morgan fingerprint density at radius 2 is 1.63 bits per heavy atom. The molecule has 4 heteroatoms. The number of hydrogen-bond acceptors (Lipinski definition) is 4. The Labute approximate surface area is 121 Å². The van der Waals surface area contributed by atoms with Crippen molar-refractivity contribution in [2.75, 3.05) is 47.4 Å². The van der Waals surface area contributed by atoms with E-state index in [1.165, 1.54) is 32.1 Å². The number of likely N-dealkylation sites (N-methyl/N-ethyl adjacent to an activating group) is 2. The van der Waals surface area contributed by atoms with Gasteiger partial charge in [0.15, 0.2) is 0 Å². The largest absolute Gasteiger partial charge is 0.395 e. The van der Waals surface area contributed by atoms with Crippen LogP contribution in [-0.2, 0) is 0 Å². The highest BCUT2D eigenvalue weighted by Gasteiger charge is 2.11. The maximum absolute atomic E-state index is 8.53. The number of aliphatic hydroxyl groups is 1. The lowest BCUT2D eigenvalue weighted by atomic mass is 9.96. The predicted molar refractivity (Wildman–Crippen MR) is 85.8 cm³/mol. The van der Waals surface area contributed by atoms with Gasteiger partial charge in [0, 0.05) is 25.7 Å². The van der Waals surface area contributed by atoms with Gasteiger partial charge < -0.3 is 20.6 Å². The number of hydrogen-bond donors (Lipinski definition) is 3. The van der Waals surface area contributed by atoms with Crippen molar-refractivity contribution in [2.45, 2.75) is 52.0 Å². The van der Waals surface area contributed by atoms with Crippen molar-refractivity contribution >= 4 is 0 Å². The summed E-state index contributed by atoms with van der Waals surface area (Å²) in [5.41, 5.74) is 0. The van der Waals surface area contributed by atoms with Crippen LogP contribution in [0.5, 0.6) is 0 Å². The fourth-order valence-corrected chi connectivity index (χ4v) is 1.91. The van der Waals surface area contributed by atoms with Crippen LogP contribution < -0.4 is 10.6 Å². The summed E-state index contributed by atoms with van der Waals surface area (Å²) in [6, 6.07) is 0.695. The summed E-state index contributed by atoms with van der Waals surface area (Å²) in [5.74, 6) is 0. The van der Waals surface area contributed by atoms with Gasteiger partial charge in [0.05, 0.1) is 6.61 Å². The van der Waals surface area contributed by atoms with Crippen LogP contribution in [0.25, 0.3) is 0 Å². The maximum Gasteiger partial charge on any atom is 0.0556 e. The fraction of sp³-hybridized carbons (Fsp3) is 1.00. The number of nitrogens with one attached hydrogen (secondary N) is 2. The van der Waals surface area contributed by atoms with Gasteiger partial charge in [0.2, 0.25) is 0 Å². The molecule has 0 atom stereocenters. The van der Waals surface area contributed by atoms with E-state index in [2.05, 4.69) is 29.6 Å². The molecule has 0 amide bonds. The van der Waals surface area contributed by atoms with Gasteiger partial charge >= 0.3 is 0 Å². The summed E-state index contributed by atoms with van der Waals surface area (Å²) < 4.78 is 0. The molecule has 1 rings (SSSR count). The van der Waals surface area contributed by atoms with Crippen molar-refractivity contribution in [3.05, 3.63) is 0 Å². The first-order valence-electron chi connectivity index (χ1n) is 7.84. The average Bonchev–Trinajstić information content (AvgIpc) is 2.47. The van der Waals surface area contributed by atoms with Crippen LogP contribution in [0, 0.1) is 0 Å². The molecule has 0 saturated heterocycles. The van der Waals surface area contributed by atoms with E-state index in [1.54, 1.807) is 0 Å². The van der Waals surface area contributed by atoms with E-state index in [0.717, 1.165) is 19.6 Å². The monoisotopic (exact) mass is 275 g/mol. The highest BCUT2D eigenvalue weighted by atomic mass is 16.3. The minimum absolute atomic E-state index is 0.274. The molecule has 0 aromatic carbocycles. The number of nitrogens with zero attached hydrogens (tertiary/aromatic N) is 1. The second-order valence-corrected chi connectivity index (χ2v) is 4.92. The van der Waals surface area contributed by atoms with Crippen molar-refractivity contribution in [3.8, 4) is 0 Å². The van der Waals surface area contributed by atoms with Gasteiger partial charge in [-0.3, -0.25) is 0 Å². The molecule has 4 nitrogen and oxygen atoms in total. The van der Waals surface area contributed by atoms with E-state index < -0.39 is 0 Å². The third-order valence-corrected chi connectivity index (χ3v) is 2.96. The third-order valence-electron chi connectivity index (χ3n) is 2.96. The van der Waals surface area contributed by atoms with Crippen LogP contribution in [0.4, 0.5) is 0 Å². The zero-order chi connectivity index (χ0) is 14.9. The molecule has 0 heterocycles. The summed E-state index contributed by atoms with van der Waals surface area (Å²) in [4.78, 5) is 2.15. The van der Waals surface area contributed by atoms with E-state index >= 15 is 0 Å². The lowest BCUT2D eigenvalue weighted by Gasteiger charge is -2.22. The summed E-state index contributed by atoms with van der Waals surface area (Å²) in [7, 11) is 6.10. The molecule has 0 bridgehead atoms. The molecule has 0 unspecified atom stereocenters. The maximum atomic E-state index is 8.53. The van der Waals surface area contributed by atoms with Crippen molar-refractivity contribution in [2.24, 2.45) is 0 Å². The Morgan fingerprint density at radius 1 is 1.05 bits per heavy atom. The molecule has 3 N–H and O–H groups in total. The van der Waals surface area contributed by atoms with Crippen LogP contribution in [0.1, 0.15) is 46.0 Å². The van der Waals surface area contributed by atoms with Crippen LogP contribution in [0.15, 0.2) is 0 Å².